The monoisotopic (exact) mass is 426 g/mol. The minimum Gasteiger partial charge on any atom is -0.456 e. The molecule has 5 aromatic rings. The summed E-state index contributed by atoms with van der Waals surface area (Å²) >= 11 is 3.70. The number of para-hydroxylation sites is 1. The molecular weight excluding hydrogens is 412 g/mol. The van der Waals surface area contributed by atoms with Gasteiger partial charge in [0.1, 0.15) is 11.2 Å². The second kappa shape index (κ2) is 6.77. The molecule has 0 N–H and O–H groups in total. The van der Waals surface area contributed by atoms with Gasteiger partial charge in [0, 0.05) is 4.47 Å². The first-order chi connectivity index (χ1) is 13.7. The number of halogens is 1. The smallest absolute Gasteiger partial charge is 0.201 e. The van der Waals surface area contributed by atoms with Gasteiger partial charge < -0.3 is 4.42 Å². The first kappa shape index (κ1) is 17.0. The number of benzene rings is 4. The van der Waals surface area contributed by atoms with Crippen LogP contribution < -0.4 is 5.43 Å². The van der Waals surface area contributed by atoms with Gasteiger partial charge >= 0.3 is 0 Å². The highest BCUT2D eigenvalue weighted by molar-refractivity contribution is 9.10. The van der Waals surface area contributed by atoms with Gasteiger partial charge in [-0.25, -0.2) is 0 Å². The Labute approximate surface area is 170 Å². The molecule has 0 unspecified atom stereocenters. The van der Waals surface area contributed by atoms with Crippen molar-refractivity contribution in [3.05, 3.63) is 106 Å². The molecule has 0 spiro atoms. The molecule has 1 heterocycles. The zero-order valence-electron chi connectivity index (χ0n) is 14.9. The van der Waals surface area contributed by atoms with Crippen LogP contribution in [0.4, 0.5) is 0 Å². The Hall–Kier alpha value is -3.17. The molecule has 1 aromatic heterocycles. The Balaban J connectivity index is 1.75. The van der Waals surface area contributed by atoms with E-state index in [2.05, 4.69) is 46.3 Å². The van der Waals surface area contributed by atoms with Crippen molar-refractivity contribution in [2.45, 2.75) is 0 Å². The third-order valence-electron chi connectivity index (χ3n) is 4.97. The van der Waals surface area contributed by atoms with Crippen molar-refractivity contribution in [3.8, 4) is 22.3 Å². The van der Waals surface area contributed by atoms with Gasteiger partial charge in [-0.05, 0) is 46.5 Å². The molecule has 0 radical (unpaired) electrons. The highest BCUT2D eigenvalue weighted by Crippen LogP contribution is 2.35. The third-order valence-corrected chi connectivity index (χ3v) is 5.63. The summed E-state index contributed by atoms with van der Waals surface area (Å²) in [5.41, 5.74) is 5.31. The van der Waals surface area contributed by atoms with Crippen LogP contribution in [0.5, 0.6) is 0 Å². The lowest BCUT2D eigenvalue weighted by Crippen LogP contribution is -2.03. The van der Waals surface area contributed by atoms with Gasteiger partial charge in [-0.2, -0.15) is 0 Å². The van der Waals surface area contributed by atoms with E-state index in [0.717, 1.165) is 26.7 Å². The van der Waals surface area contributed by atoms with Crippen molar-refractivity contribution in [1.29, 1.82) is 0 Å². The fraction of sp³-hybridized carbons (Fsp3) is 0. The molecular formula is C25H15BrO2. The fourth-order valence-electron chi connectivity index (χ4n) is 3.62. The number of rotatable bonds is 2. The van der Waals surface area contributed by atoms with Crippen LogP contribution in [0.2, 0.25) is 0 Å². The van der Waals surface area contributed by atoms with Crippen LogP contribution in [-0.4, -0.2) is 0 Å². The maximum atomic E-state index is 13.2. The summed E-state index contributed by atoms with van der Waals surface area (Å²) in [6.45, 7) is 0. The zero-order valence-corrected chi connectivity index (χ0v) is 16.4. The minimum atomic E-state index is -0.00397. The van der Waals surface area contributed by atoms with Gasteiger partial charge in [0.25, 0.3) is 0 Å². The van der Waals surface area contributed by atoms with Crippen molar-refractivity contribution in [2.24, 2.45) is 0 Å². The lowest BCUT2D eigenvalue weighted by molar-refractivity contribution is 0.660. The van der Waals surface area contributed by atoms with E-state index in [-0.39, 0.29) is 5.43 Å². The molecule has 0 aliphatic heterocycles. The molecule has 0 saturated heterocycles. The van der Waals surface area contributed by atoms with Crippen LogP contribution in [0.15, 0.2) is 105 Å². The molecule has 2 nitrogen and oxygen atoms in total. The molecule has 134 valence electrons. The largest absolute Gasteiger partial charge is 0.456 e. The topological polar surface area (TPSA) is 30.2 Å². The van der Waals surface area contributed by atoms with Crippen LogP contribution in [0.1, 0.15) is 0 Å². The Kier molecular flexibility index (Phi) is 4.10. The highest BCUT2D eigenvalue weighted by atomic mass is 79.9. The molecule has 0 fully saturated rings. The van der Waals surface area contributed by atoms with Crippen molar-refractivity contribution >= 4 is 37.9 Å². The maximum Gasteiger partial charge on any atom is 0.201 e. The first-order valence-electron chi connectivity index (χ1n) is 9.02. The summed E-state index contributed by atoms with van der Waals surface area (Å²) in [5.74, 6) is 0. The van der Waals surface area contributed by atoms with E-state index in [9.17, 15) is 4.79 Å². The Bertz CT molecular complexity index is 1380. The van der Waals surface area contributed by atoms with Gasteiger partial charge in [0.05, 0.1) is 10.8 Å². The van der Waals surface area contributed by atoms with E-state index in [1.807, 2.05) is 60.7 Å². The molecule has 5 rings (SSSR count). The maximum absolute atomic E-state index is 13.2. The molecule has 0 atom stereocenters. The summed E-state index contributed by atoms with van der Waals surface area (Å²) in [5, 5.41) is 1.21. The van der Waals surface area contributed by atoms with Gasteiger partial charge in [0.15, 0.2) is 0 Å². The van der Waals surface area contributed by atoms with E-state index in [1.165, 1.54) is 0 Å². The van der Waals surface area contributed by atoms with E-state index in [4.69, 9.17) is 4.42 Å². The van der Waals surface area contributed by atoms with Crippen LogP contribution in [-0.2, 0) is 0 Å². The van der Waals surface area contributed by atoms with Crippen molar-refractivity contribution < 1.29 is 4.42 Å². The van der Waals surface area contributed by atoms with Crippen LogP contribution in [0.25, 0.3) is 44.2 Å². The molecule has 0 bridgehead atoms. The summed E-state index contributed by atoms with van der Waals surface area (Å²) in [6, 6.07) is 29.5. The lowest BCUT2D eigenvalue weighted by atomic mass is 9.97. The first-order valence-corrected chi connectivity index (χ1v) is 9.81. The minimum absolute atomic E-state index is 0.00397. The molecule has 0 aliphatic rings. The number of fused-ring (bicyclic) bond motifs is 2. The SMILES string of the molecule is O=c1c2ccccc2oc2cccc(-c3ccc(-c4ccccc4)c(Br)c3)c12. The average molecular weight is 427 g/mol. The second-order valence-corrected chi connectivity index (χ2v) is 7.52. The molecule has 0 saturated carbocycles. The number of hydrogen-bond donors (Lipinski definition) is 0. The fourth-order valence-corrected chi connectivity index (χ4v) is 4.23. The molecule has 28 heavy (non-hydrogen) atoms. The van der Waals surface area contributed by atoms with E-state index in [1.54, 1.807) is 0 Å². The van der Waals surface area contributed by atoms with Gasteiger partial charge in [-0.3, -0.25) is 4.79 Å². The van der Waals surface area contributed by atoms with Crippen LogP contribution in [0.3, 0.4) is 0 Å². The second-order valence-electron chi connectivity index (χ2n) is 6.67. The Morgan fingerprint density at radius 3 is 2.21 bits per heavy atom. The van der Waals surface area contributed by atoms with Gasteiger partial charge in [-0.15, -0.1) is 0 Å². The quantitative estimate of drug-likeness (QED) is 0.283. The Morgan fingerprint density at radius 1 is 0.643 bits per heavy atom. The summed E-state index contributed by atoms with van der Waals surface area (Å²) in [6.07, 6.45) is 0. The zero-order chi connectivity index (χ0) is 19.1. The van der Waals surface area contributed by atoms with Gasteiger partial charge in [0.2, 0.25) is 5.43 Å². The van der Waals surface area contributed by atoms with Crippen molar-refractivity contribution in [3.63, 3.8) is 0 Å². The molecule has 0 amide bonds. The molecule has 3 heteroatoms. The van der Waals surface area contributed by atoms with Crippen LogP contribution in [0, 0.1) is 0 Å². The molecule has 0 aliphatic carbocycles. The van der Waals surface area contributed by atoms with E-state index >= 15 is 0 Å². The predicted octanol–water partition coefficient (Wildman–Crippen LogP) is 7.04. The van der Waals surface area contributed by atoms with E-state index < -0.39 is 0 Å². The summed E-state index contributed by atoms with van der Waals surface area (Å²) in [4.78, 5) is 13.2. The highest BCUT2D eigenvalue weighted by Gasteiger charge is 2.13. The molecule has 4 aromatic carbocycles. The van der Waals surface area contributed by atoms with Crippen LogP contribution >= 0.6 is 15.9 Å². The summed E-state index contributed by atoms with van der Waals surface area (Å²) in [7, 11) is 0. The average Bonchev–Trinajstić information content (AvgIpc) is 2.74. The van der Waals surface area contributed by atoms with Crippen molar-refractivity contribution in [2.75, 3.05) is 0 Å². The normalized spacial score (nSPS) is 11.2. The van der Waals surface area contributed by atoms with Crippen molar-refractivity contribution in [1.82, 2.24) is 0 Å². The lowest BCUT2D eigenvalue weighted by Gasteiger charge is -2.10. The predicted molar refractivity (Wildman–Crippen MR) is 119 cm³/mol. The Morgan fingerprint density at radius 2 is 1.39 bits per heavy atom. The standard InChI is InChI=1S/C25H15BrO2/c26-21-15-17(13-14-18(21)16-7-2-1-3-8-16)19-10-6-12-23-24(19)25(27)20-9-4-5-11-22(20)28-23/h1-15H. The third kappa shape index (κ3) is 2.76. The number of hydrogen-bond acceptors (Lipinski definition) is 2. The van der Waals surface area contributed by atoms with E-state index in [0.29, 0.717) is 21.9 Å². The van der Waals surface area contributed by atoms with Gasteiger partial charge in [-0.1, -0.05) is 82.7 Å². The summed E-state index contributed by atoms with van der Waals surface area (Å²) < 4.78 is 6.99.